The number of aromatic nitrogens is 1. The number of rotatable bonds is 11. The van der Waals surface area contributed by atoms with Gasteiger partial charge in [0.15, 0.2) is 4.80 Å². The number of alkyl halides is 3. The summed E-state index contributed by atoms with van der Waals surface area (Å²) in [6, 6.07) is 10.2. The van der Waals surface area contributed by atoms with Crippen LogP contribution in [-0.4, -0.2) is 43.5 Å². The van der Waals surface area contributed by atoms with Crippen molar-refractivity contribution in [1.29, 1.82) is 0 Å². The SMILES string of the molecule is CCCC(=O)NCCCn1c(-c2ccc(OC(F)(F)F)cc2)cs/c1=N\C(=O)c1ccc(OC)cc1OC. The van der Waals surface area contributed by atoms with Gasteiger partial charge in [-0.15, -0.1) is 24.5 Å². The molecule has 0 fully saturated rings. The zero-order valence-corrected chi connectivity index (χ0v) is 21.9. The van der Waals surface area contributed by atoms with Gasteiger partial charge in [-0.05, 0) is 54.8 Å². The summed E-state index contributed by atoms with van der Waals surface area (Å²) < 4.78 is 53.9. The van der Waals surface area contributed by atoms with Crippen molar-refractivity contribution in [2.75, 3.05) is 20.8 Å². The van der Waals surface area contributed by atoms with Gasteiger partial charge in [0.1, 0.15) is 17.2 Å². The first-order valence-electron chi connectivity index (χ1n) is 11.8. The number of nitrogens with one attached hydrogen (secondary N) is 1. The van der Waals surface area contributed by atoms with Crippen LogP contribution in [0.15, 0.2) is 52.8 Å². The third kappa shape index (κ3) is 7.85. The number of hydrogen-bond acceptors (Lipinski definition) is 6. The van der Waals surface area contributed by atoms with Crippen LogP contribution < -0.4 is 24.3 Å². The van der Waals surface area contributed by atoms with Gasteiger partial charge in [-0.25, -0.2) is 0 Å². The Morgan fingerprint density at radius 2 is 1.76 bits per heavy atom. The molecule has 204 valence electrons. The zero-order chi connectivity index (χ0) is 27.7. The Hall–Kier alpha value is -3.80. The summed E-state index contributed by atoms with van der Waals surface area (Å²) in [5.74, 6) is -0.0876. The summed E-state index contributed by atoms with van der Waals surface area (Å²) in [5, 5.41) is 4.62. The third-order valence-electron chi connectivity index (χ3n) is 5.38. The highest BCUT2D eigenvalue weighted by Crippen LogP contribution is 2.28. The molecule has 0 aliphatic rings. The first-order chi connectivity index (χ1) is 18.1. The van der Waals surface area contributed by atoms with Crippen molar-refractivity contribution in [3.8, 4) is 28.5 Å². The van der Waals surface area contributed by atoms with E-state index < -0.39 is 12.3 Å². The highest BCUT2D eigenvalue weighted by atomic mass is 32.1. The van der Waals surface area contributed by atoms with Crippen molar-refractivity contribution in [3.05, 3.63) is 58.2 Å². The smallest absolute Gasteiger partial charge is 0.497 e. The maximum Gasteiger partial charge on any atom is 0.573 e. The fourth-order valence-electron chi connectivity index (χ4n) is 3.60. The van der Waals surface area contributed by atoms with Crippen molar-refractivity contribution in [2.45, 2.75) is 39.1 Å². The first-order valence-corrected chi connectivity index (χ1v) is 12.7. The van der Waals surface area contributed by atoms with E-state index in [1.54, 1.807) is 28.1 Å². The number of carbonyl (C=O) groups is 2. The van der Waals surface area contributed by atoms with Gasteiger partial charge < -0.3 is 24.1 Å². The lowest BCUT2D eigenvalue weighted by Crippen LogP contribution is -2.26. The maximum atomic E-state index is 13.1. The number of halogens is 3. The summed E-state index contributed by atoms with van der Waals surface area (Å²) in [6.07, 6.45) is -3.08. The van der Waals surface area contributed by atoms with E-state index in [4.69, 9.17) is 9.47 Å². The minimum Gasteiger partial charge on any atom is -0.497 e. The molecule has 8 nitrogen and oxygen atoms in total. The maximum absolute atomic E-state index is 13.1. The Bertz CT molecular complexity index is 1320. The van der Waals surface area contributed by atoms with E-state index in [9.17, 15) is 22.8 Å². The Labute approximate surface area is 221 Å². The van der Waals surface area contributed by atoms with E-state index in [-0.39, 0.29) is 17.2 Å². The Kier molecular flexibility index (Phi) is 9.94. The van der Waals surface area contributed by atoms with Gasteiger partial charge in [-0.1, -0.05) is 6.92 Å². The normalized spacial score (nSPS) is 11.8. The van der Waals surface area contributed by atoms with E-state index in [1.807, 2.05) is 6.92 Å². The Morgan fingerprint density at radius 1 is 1.05 bits per heavy atom. The number of methoxy groups -OCH3 is 2. The molecule has 12 heteroatoms. The molecule has 0 aliphatic heterocycles. The van der Waals surface area contributed by atoms with Crippen LogP contribution >= 0.6 is 11.3 Å². The lowest BCUT2D eigenvalue weighted by molar-refractivity contribution is -0.274. The molecule has 0 spiro atoms. The molecular weight excluding hydrogens is 523 g/mol. The van der Waals surface area contributed by atoms with Crippen LogP contribution in [0.4, 0.5) is 13.2 Å². The molecule has 0 atom stereocenters. The summed E-state index contributed by atoms with van der Waals surface area (Å²) in [6.45, 7) is 2.73. The van der Waals surface area contributed by atoms with Gasteiger partial charge >= 0.3 is 6.36 Å². The monoisotopic (exact) mass is 551 g/mol. The van der Waals surface area contributed by atoms with Crippen LogP contribution in [0.3, 0.4) is 0 Å². The average molecular weight is 552 g/mol. The van der Waals surface area contributed by atoms with Crippen LogP contribution in [-0.2, 0) is 11.3 Å². The zero-order valence-electron chi connectivity index (χ0n) is 21.1. The molecule has 1 heterocycles. The predicted octanol–water partition coefficient (Wildman–Crippen LogP) is 5.18. The average Bonchev–Trinajstić information content (AvgIpc) is 3.27. The van der Waals surface area contributed by atoms with Crippen molar-refractivity contribution >= 4 is 23.2 Å². The fourth-order valence-corrected chi connectivity index (χ4v) is 4.53. The van der Waals surface area contributed by atoms with Crippen LogP contribution in [0.1, 0.15) is 36.5 Å². The number of ether oxygens (including phenoxy) is 3. The molecule has 2 amide bonds. The quantitative estimate of drug-likeness (QED) is 0.332. The highest BCUT2D eigenvalue weighted by Gasteiger charge is 2.31. The molecule has 0 bridgehead atoms. The number of thiazole rings is 1. The second kappa shape index (κ2) is 13.1. The second-order valence-electron chi connectivity index (χ2n) is 8.06. The Balaban J connectivity index is 1.94. The van der Waals surface area contributed by atoms with Gasteiger partial charge in [0.05, 0.1) is 25.5 Å². The molecule has 0 saturated carbocycles. The van der Waals surface area contributed by atoms with Crippen LogP contribution in [0.5, 0.6) is 17.2 Å². The molecule has 0 radical (unpaired) electrons. The topological polar surface area (TPSA) is 91.2 Å². The van der Waals surface area contributed by atoms with E-state index in [2.05, 4.69) is 15.0 Å². The molecule has 0 aliphatic carbocycles. The number of hydrogen-bond donors (Lipinski definition) is 1. The fraction of sp³-hybridized carbons (Fsp3) is 0.346. The first kappa shape index (κ1) is 28.8. The van der Waals surface area contributed by atoms with Crippen molar-refractivity contribution in [1.82, 2.24) is 9.88 Å². The van der Waals surface area contributed by atoms with E-state index in [0.29, 0.717) is 53.5 Å². The van der Waals surface area contributed by atoms with E-state index in [0.717, 1.165) is 6.42 Å². The molecule has 3 aromatic rings. The van der Waals surface area contributed by atoms with Crippen LogP contribution in [0.2, 0.25) is 0 Å². The third-order valence-corrected chi connectivity index (χ3v) is 6.24. The molecule has 1 N–H and O–H groups in total. The highest BCUT2D eigenvalue weighted by molar-refractivity contribution is 7.07. The van der Waals surface area contributed by atoms with Crippen molar-refractivity contribution in [2.24, 2.45) is 4.99 Å². The van der Waals surface area contributed by atoms with Gasteiger partial charge in [0, 0.05) is 31.0 Å². The van der Waals surface area contributed by atoms with Gasteiger partial charge in [0.2, 0.25) is 5.91 Å². The molecule has 1 aromatic heterocycles. The van der Waals surface area contributed by atoms with E-state index >= 15 is 0 Å². The van der Waals surface area contributed by atoms with Crippen LogP contribution in [0.25, 0.3) is 11.3 Å². The number of carbonyl (C=O) groups excluding carboxylic acids is 2. The summed E-state index contributed by atoms with van der Waals surface area (Å²) in [5.41, 5.74) is 1.51. The molecule has 0 saturated heterocycles. The number of benzene rings is 2. The molecule has 3 rings (SSSR count). The minimum absolute atomic E-state index is 0.0463. The summed E-state index contributed by atoms with van der Waals surface area (Å²) in [7, 11) is 2.94. The van der Waals surface area contributed by atoms with Gasteiger partial charge in [0.25, 0.3) is 5.91 Å². The lowest BCUT2D eigenvalue weighted by atomic mass is 10.1. The second-order valence-corrected chi connectivity index (χ2v) is 8.90. The molecule has 2 aromatic carbocycles. The van der Waals surface area contributed by atoms with Gasteiger partial charge in [-0.3, -0.25) is 9.59 Å². The van der Waals surface area contributed by atoms with Gasteiger partial charge in [-0.2, -0.15) is 4.99 Å². The van der Waals surface area contributed by atoms with E-state index in [1.165, 1.54) is 49.8 Å². The lowest BCUT2D eigenvalue weighted by Gasteiger charge is -2.12. The number of nitrogens with zero attached hydrogens (tertiary/aromatic N) is 2. The van der Waals surface area contributed by atoms with Crippen molar-refractivity contribution < 1.29 is 37.0 Å². The number of amides is 2. The minimum atomic E-state index is -4.79. The summed E-state index contributed by atoms with van der Waals surface area (Å²) in [4.78, 5) is 29.6. The molecule has 0 unspecified atom stereocenters. The van der Waals surface area contributed by atoms with Crippen molar-refractivity contribution in [3.63, 3.8) is 0 Å². The Morgan fingerprint density at radius 3 is 2.39 bits per heavy atom. The predicted molar refractivity (Wildman–Crippen MR) is 136 cm³/mol. The molecule has 38 heavy (non-hydrogen) atoms. The summed E-state index contributed by atoms with van der Waals surface area (Å²) >= 11 is 1.21. The largest absolute Gasteiger partial charge is 0.573 e. The standard InChI is InChI=1S/C26H28F3N3O5S/c1-4-6-23(33)30-13-5-14-32-21(17-7-9-18(10-8-17)37-26(27,28)29)16-38-25(32)31-24(34)20-12-11-19(35-2)15-22(20)36-3/h7-12,15-16H,4-6,13-14H2,1-3H3,(H,30,33)/b31-25-. The molecular formula is C26H28F3N3O5S. The van der Waals surface area contributed by atoms with Crippen LogP contribution in [0, 0.1) is 0 Å².